The van der Waals surface area contributed by atoms with E-state index in [2.05, 4.69) is 26.1 Å². The quantitative estimate of drug-likeness (QED) is 0.536. The summed E-state index contributed by atoms with van der Waals surface area (Å²) >= 11 is 0. The van der Waals surface area contributed by atoms with Gasteiger partial charge in [-0.1, -0.05) is 33.6 Å². The monoisotopic (exact) mass is 245 g/mol. The van der Waals surface area contributed by atoms with Gasteiger partial charge < -0.3 is 14.8 Å². The zero-order valence-corrected chi connectivity index (χ0v) is 12.1. The number of rotatable bonds is 12. The summed E-state index contributed by atoms with van der Waals surface area (Å²) in [5.74, 6) is 0.808. The molecule has 0 aliphatic rings. The third kappa shape index (κ3) is 10.7. The van der Waals surface area contributed by atoms with Crippen LogP contribution in [-0.4, -0.2) is 39.5 Å². The van der Waals surface area contributed by atoms with Crippen molar-refractivity contribution >= 4 is 0 Å². The highest BCUT2D eigenvalue weighted by atomic mass is 16.5. The van der Waals surface area contributed by atoms with Gasteiger partial charge in [0.05, 0.1) is 13.2 Å². The van der Waals surface area contributed by atoms with Crippen LogP contribution in [0.25, 0.3) is 0 Å². The molecule has 104 valence electrons. The van der Waals surface area contributed by atoms with E-state index in [0.717, 1.165) is 25.5 Å². The fraction of sp³-hybridized carbons (Fsp3) is 1.00. The first-order valence-corrected chi connectivity index (χ1v) is 7.04. The van der Waals surface area contributed by atoms with E-state index in [-0.39, 0.29) is 0 Å². The molecular formula is C14H31NO2. The molecule has 0 saturated heterocycles. The van der Waals surface area contributed by atoms with Gasteiger partial charge in [-0.3, -0.25) is 0 Å². The van der Waals surface area contributed by atoms with Gasteiger partial charge in [0.1, 0.15) is 0 Å². The van der Waals surface area contributed by atoms with E-state index < -0.39 is 0 Å². The molecule has 0 bridgehead atoms. The van der Waals surface area contributed by atoms with Crippen LogP contribution in [0.5, 0.6) is 0 Å². The molecular weight excluding hydrogens is 214 g/mol. The van der Waals surface area contributed by atoms with Crippen molar-refractivity contribution in [3.05, 3.63) is 0 Å². The SMILES string of the molecule is CCCC(C)CC(CCOCCOC)NCC. The van der Waals surface area contributed by atoms with Crippen LogP contribution in [-0.2, 0) is 9.47 Å². The highest BCUT2D eigenvalue weighted by molar-refractivity contribution is 4.69. The first-order valence-electron chi connectivity index (χ1n) is 7.04. The molecule has 0 aromatic carbocycles. The molecule has 0 fully saturated rings. The Kier molecular flexibility index (Phi) is 12.3. The molecule has 0 spiro atoms. The maximum absolute atomic E-state index is 5.53. The van der Waals surface area contributed by atoms with Crippen LogP contribution in [0.2, 0.25) is 0 Å². The van der Waals surface area contributed by atoms with Crippen molar-refractivity contribution in [2.45, 2.75) is 52.5 Å². The molecule has 3 heteroatoms. The predicted octanol–water partition coefficient (Wildman–Crippen LogP) is 2.84. The number of nitrogens with one attached hydrogen (secondary N) is 1. The average Bonchev–Trinajstić information content (AvgIpc) is 2.29. The van der Waals surface area contributed by atoms with Crippen LogP contribution in [0.15, 0.2) is 0 Å². The van der Waals surface area contributed by atoms with Crippen LogP contribution in [0.1, 0.15) is 46.5 Å². The Bertz CT molecular complexity index is 153. The van der Waals surface area contributed by atoms with Gasteiger partial charge in [-0.2, -0.15) is 0 Å². The molecule has 0 rings (SSSR count). The second-order valence-electron chi connectivity index (χ2n) is 4.78. The Labute approximate surface area is 107 Å². The predicted molar refractivity (Wildman–Crippen MR) is 73.5 cm³/mol. The van der Waals surface area contributed by atoms with Gasteiger partial charge in [0.15, 0.2) is 0 Å². The molecule has 0 aliphatic heterocycles. The largest absolute Gasteiger partial charge is 0.382 e. The number of hydrogen-bond donors (Lipinski definition) is 1. The fourth-order valence-electron chi connectivity index (χ4n) is 2.16. The topological polar surface area (TPSA) is 30.5 Å². The lowest BCUT2D eigenvalue weighted by molar-refractivity contribution is 0.0648. The molecule has 0 aliphatic carbocycles. The third-order valence-corrected chi connectivity index (χ3v) is 3.00. The minimum Gasteiger partial charge on any atom is -0.382 e. The average molecular weight is 245 g/mol. The van der Waals surface area contributed by atoms with E-state index in [1.54, 1.807) is 7.11 Å². The van der Waals surface area contributed by atoms with Crippen molar-refractivity contribution < 1.29 is 9.47 Å². The molecule has 3 nitrogen and oxygen atoms in total. The summed E-state index contributed by atoms with van der Waals surface area (Å²) < 4.78 is 10.5. The highest BCUT2D eigenvalue weighted by Gasteiger charge is 2.11. The van der Waals surface area contributed by atoms with Gasteiger partial charge in [-0.15, -0.1) is 0 Å². The van der Waals surface area contributed by atoms with E-state index in [4.69, 9.17) is 9.47 Å². The first-order chi connectivity index (χ1) is 8.24. The standard InChI is InChI=1S/C14H31NO2/c1-5-7-13(3)12-14(15-6-2)8-9-17-11-10-16-4/h13-15H,5-12H2,1-4H3. The maximum Gasteiger partial charge on any atom is 0.0700 e. The minimum absolute atomic E-state index is 0.601. The Balaban J connectivity index is 3.65. The second kappa shape index (κ2) is 12.3. The molecule has 0 amide bonds. The first kappa shape index (κ1) is 16.9. The van der Waals surface area contributed by atoms with Crippen molar-refractivity contribution in [2.24, 2.45) is 5.92 Å². The number of methoxy groups -OCH3 is 1. The number of hydrogen-bond acceptors (Lipinski definition) is 3. The summed E-state index contributed by atoms with van der Waals surface area (Å²) in [6.45, 7) is 10.1. The van der Waals surface area contributed by atoms with Gasteiger partial charge in [0.2, 0.25) is 0 Å². The zero-order valence-electron chi connectivity index (χ0n) is 12.1. The van der Waals surface area contributed by atoms with E-state index in [9.17, 15) is 0 Å². The molecule has 1 N–H and O–H groups in total. The van der Waals surface area contributed by atoms with Crippen LogP contribution in [0.3, 0.4) is 0 Å². The lowest BCUT2D eigenvalue weighted by Crippen LogP contribution is -2.32. The van der Waals surface area contributed by atoms with E-state index >= 15 is 0 Å². The molecule has 0 radical (unpaired) electrons. The third-order valence-electron chi connectivity index (χ3n) is 3.00. The highest BCUT2D eigenvalue weighted by Crippen LogP contribution is 2.14. The summed E-state index contributed by atoms with van der Waals surface area (Å²) in [6, 6.07) is 0.601. The van der Waals surface area contributed by atoms with Gasteiger partial charge in [-0.25, -0.2) is 0 Å². The van der Waals surface area contributed by atoms with Gasteiger partial charge >= 0.3 is 0 Å². The smallest absolute Gasteiger partial charge is 0.0700 e. The van der Waals surface area contributed by atoms with Gasteiger partial charge in [-0.05, 0) is 25.3 Å². The van der Waals surface area contributed by atoms with Gasteiger partial charge in [0, 0.05) is 19.8 Å². The summed E-state index contributed by atoms with van der Waals surface area (Å²) in [6.07, 6.45) is 4.97. The summed E-state index contributed by atoms with van der Waals surface area (Å²) in [4.78, 5) is 0. The van der Waals surface area contributed by atoms with E-state index in [0.29, 0.717) is 19.3 Å². The lowest BCUT2D eigenvalue weighted by Gasteiger charge is -2.21. The lowest BCUT2D eigenvalue weighted by atomic mass is 9.96. The molecule has 2 unspecified atom stereocenters. The van der Waals surface area contributed by atoms with Crippen molar-refractivity contribution in [1.82, 2.24) is 5.32 Å². The zero-order chi connectivity index (χ0) is 12.9. The Morgan fingerprint density at radius 1 is 1.06 bits per heavy atom. The second-order valence-corrected chi connectivity index (χ2v) is 4.78. The minimum atomic E-state index is 0.601. The molecule has 0 saturated carbocycles. The van der Waals surface area contributed by atoms with Crippen molar-refractivity contribution in [1.29, 1.82) is 0 Å². The summed E-state index contributed by atoms with van der Waals surface area (Å²) in [5.41, 5.74) is 0. The fourth-order valence-corrected chi connectivity index (χ4v) is 2.16. The van der Waals surface area contributed by atoms with Crippen LogP contribution >= 0.6 is 0 Å². The Morgan fingerprint density at radius 2 is 1.82 bits per heavy atom. The van der Waals surface area contributed by atoms with Crippen molar-refractivity contribution in [3.8, 4) is 0 Å². The Hall–Kier alpha value is -0.120. The van der Waals surface area contributed by atoms with Crippen molar-refractivity contribution in [2.75, 3.05) is 33.5 Å². The van der Waals surface area contributed by atoms with Crippen LogP contribution in [0, 0.1) is 5.92 Å². The van der Waals surface area contributed by atoms with E-state index in [1.165, 1.54) is 19.3 Å². The van der Waals surface area contributed by atoms with Crippen LogP contribution < -0.4 is 5.32 Å². The summed E-state index contributed by atoms with van der Waals surface area (Å²) in [5, 5.41) is 3.55. The van der Waals surface area contributed by atoms with Gasteiger partial charge in [0.25, 0.3) is 0 Å². The van der Waals surface area contributed by atoms with Crippen LogP contribution in [0.4, 0.5) is 0 Å². The Morgan fingerprint density at radius 3 is 2.41 bits per heavy atom. The van der Waals surface area contributed by atoms with Crippen molar-refractivity contribution in [3.63, 3.8) is 0 Å². The molecule has 17 heavy (non-hydrogen) atoms. The summed E-state index contributed by atoms with van der Waals surface area (Å²) in [7, 11) is 1.71. The normalized spacial score (nSPS) is 14.8. The number of ether oxygens (including phenoxy) is 2. The van der Waals surface area contributed by atoms with E-state index in [1.807, 2.05) is 0 Å². The molecule has 0 aromatic heterocycles. The molecule has 2 atom stereocenters. The molecule has 0 aromatic rings. The molecule has 0 heterocycles. The maximum atomic E-state index is 5.53.